The van der Waals surface area contributed by atoms with Crippen LogP contribution in [0.25, 0.3) is 20.9 Å². The highest BCUT2D eigenvalue weighted by atomic mass is 32.1. The van der Waals surface area contributed by atoms with Crippen LogP contribution in [-0.2, 0) is 55.0 Å². The molecule has 2 aliphatic heterocycles. The molecule has 5 amide bonds. The van der Waals surface area contributed by atoms with Crippen LogP contribution in [0.1, 0.15) is 109 Å². The number of likely N-dealkylation sites (tertiary alicyclic amines) is 2. The number of rotatable bonds is 25. The summed E-state index contributed by atoms with van der Waals surface area (Å²) in [6.45, 7) is 17.0. The van der Waals surface area contributed by atoms with E-state index < -0.39 is 54.3 Å². The van der Waals surface area contributed by atoms with Crippen LogP contribution in [0, 0.1) is 39.5 Å². The van der Waals surface area contributed by atoms with Gasteiger partial charge in [0.1, 0.15) is 73.4 Å². The fourth-order valence-electron chi connectivity index (χ4n) is 11.1. The summed E-state index contributed by atoms with van der Waals surface area (Å²) in [7, 11) is 0. The summed E-state index contributed by atoms with van der Waals surface area (Å²) in [5.41, 5.74) is 18.0. The number of carboxylic acid groups (broad SMARTS) is 1. The number of aliphatic hydroxyl groups excluding tert-OH is 2. The number of β-amino-alcohol motifs (C(OH)–C–C–N with tert-alkyl or cyclic N) is 2. The second kappa shape index (κ2) is 35.5. The second-order valence-corrected chi connectivity index (χ2v) is 25.8. The maximum atomic E-state index is 13.8. The number of nitrogens with two attached hydrogens (primary N) is 1. The monoisotopic (exact) mass is 1370 g/mol. The quantitative estimate of drug-likeness (QED) is 0.0262. The van der Waals surface area contributed by atoms with Crippen molar-refractivity contribution < 1.29 is 72.1 Å². The SMILES string of the molecule is Cc1cc([C@H](C(=O)N2C[C@H](O)C[C@H]2C(=O)NCc2ccc(-c3scnc3C)cc2OCCNC(=O)OCc2ccccc2)C(C)C)on1.Cc1cc([C@H](C(=O)N2C[C@H](O)C[C@H]2C(=O)O)C(C)C)on1.Cc1ncsc1-c1ccc(CN)c(OCCNC(=O)OCc2ccccc2)c1. The predicted octanol–water partition coefficient (Wildman–Crippen LogP) is 9.39. The average molecular weight is 1370 g/mol. The van der Waals surface area contributed by atoms with Crippen molar-refractivity contribution in [2.45, 2.75) is 131 Å². The first-order valence-corrected chi connectivity index (χ1v) is 33.6. The van der Waals surface area contributed by atoms with Gasteiger partial charge in [0.05, 0.1) is 68.8 Å². The van der Waals surface area contributed by atoms with E-state index >= 15 is 0 Å². The number of amides is 5. The molecule has 516 valence electrons. The average Bonchev–Trinajstić information content (AvgIpc) is 1.70. The molecule has 4 aromatic heterocycles. The third kappa shape index (κ3) is 20.5. The lowest BCUT2D eigenvalue weighted by molar-refractivity contribution is -0.149. The van der Waals surface area contributed by atoms with Gasteiger partial charge in [-0.25, -0.2) is 24.4 Å². The number of ether oxygens (including phenoxy) is 4. The Bertz CT molecular complexity index is 3890. The molecule has 4 aromatic carbocycles. The number of benzene rings is 4. The van der Waals surface area contributed by atoms with Crippen LogP contribution < -0.4 is 31.2 Å². The molecule has 2 aliphatic rings. The highest BCUT2D eigenvalue weighted by molar-refractivity contribution is 7.13. The Kier molecular flexibility index (Phi) is 26.8. The van der Waals surface area contributed by atoms with Crippen molar-refractivity contribution >= 4 is 58.6 Å². The number of carbonyl (C=O) groups is 6. The van der Waals surface area contributed by atoms with Gasteiger partial charge in [-0.05, 0) is 73.9 Å². The topological polar surface area (TPSA) is 346 Å². The molecule has 0 spiro atoms. The number of nitrogens with zero attached hydrogens (tertiary/aromatic N) is 6. The van der Waals surface area contributed by atoms with E-state index in [2.05, 4.69) is 36.2 Å². The fraction of sp³-hybridized carbons (Fsp3) is 0.400. The Hall–Kier alpha value is -9.54. The van der Waals surface area contributed by atoms with E-state index in [0.717, 1.165) is 49.0 Å². The first kappa shape index (κ1) is 73.3. The molecule has 27 heteroatoms. The molecule has 0 aliphatic carbocycles. The van der Waals surface area contributed by atoms with Crippen LogP contribution in [-0.4, -0.2) is 145 Å². The molecule has 97 heavy (non-hydrogen) atoms. The fourth-order valence-corrected chi connectivity index (χ4v) is 12.7. The van der Waals surface area contributed by atoms with Gasteiger partial charge >= 0.3 is 18.2 Å². The van der Waals surface area contributed by atoms with Crippen molar-refractivity contribution in [2.75, 3.05) is 39.4 Å². The van der Waals surface area contributed by atoms with Crippen molar-refractivity contribution in [3.05, 3.63) is 177 Å². The van der Waals surface area contributed by atoms with E-state index in [1.165, 1.54) is 21.1 Å². The minimum Gasteiger partial charge on any atom is -0.491 e. The number of aliphatic hydroxyl groups is 2. The van der Waals surface area contributed by atoms with E-state index in [-0.39, 0.29) is 88.4 Å². The first-order valence-electron chi connectivity index (χ1n) is 31.8. The zero-order valence-corrected chi connectivity index (χ0v) is 57.1. The molecule has 25 nitrogen and oxygen atoms in total. The van der Waals surface area contributed by atoms with Crippen LogP contribution in [0.15, 0.2) is 129 Å². The maximum Gasteiger partial charge on any atom is 0.407 e. The van der Waals surface area contributed by atoms with Gasteiger partial charge in [0, 0.05) is 62.3 Å². The minimum atomic E-state index is -1.10. The highest BCUT2D eigenvalue weighted by Crippen LogP contribution is 2.36. The zero-order chi connectivity index (χ0) is 69.7. The van der Waals surface area contributed by atoms with Gasteiger partial charge in [0.15, 0.2) is 0 Å². The van der Waals surface area contributed by atoms with Crippen LogP contribution in [0.4, 0.5) is 9.59 Å². The van der Waals surface area contributed by atoms with Gasteiger partial charge in [0.2, 0.25) is 17.7 Å². The molecule has 0 unspecified atom stereocenters. The smallest absolute Gasteiger partial charge is 0.407 e. The third-order valence-corrected chi connectivity index (χ3v) is 17.9. The number of aryl methyl sites for hydroxylation is 4. The van der Waals surface area contributed by atoms with Crippen molar-refractivity contribution in [3.8, 4) is 32.4 Å². The number of carbonyl (C=O) groups excluding carboxylic acids is 5. The maximum absolute atomic E-state index is 13.8. The van der Waals surface area contributed by atoms with Crippen molar-refractivity contribution in [1.29, 1.82) is 0 Å². The normalized spacial score (nSPS) is 16.3. The molecule has 2 fully saturated rings. The predicted molar refractivity (Wildman–Crippen MR) is 362 cm³/mol. The molecule has 6 heterocycles. The Labute approximate surface area is 570 Å². The summed E-state index contributed by atoms with van der Waals surface area (Å²) >= 11 is 3.10. The first-order chi connectivity index (χ1) is 46.6. The lowest BCUT2D eigenvalue weighted by Crippen LogP contribution is -2.48. The van der Waals surface area contributed by atoms with Gasteiger partial charge < -0.3 is 74.8 Å². The van der Waals surface area contributed by atoms with Gasteiger partial charge in [-0.15, -0.1) is 22.7 Å². The summed E-state index contributed by atoms with van der Waals surface area (Å²) in [4.78, 5) is 88.7. The number of carboxylic acids is 1. The van der Waals surface area contributed by atoms with Crippen molar-refractivity contribution in [3.63, 3.8) is 0 Å². The van der Waals surface area contributed by atoms with Gasteiger partial charge in [-0.2, -0.15) is 0 Å². The molecule has 6 atom stereocenters. The number of alkyl carbamates (subject to hydrolysis) is 2. The van der Waals surface area contributed by atoms with Crippen LogP contribution in [0.3, 0.4) is 0 Å². The number of aromatic nitrogens is 4. The highest BCUT2D eigenvalue weighted by Gasteiger charge is 2.45. The van der Waals surface area contributed by atoms with Gasteiger partial charge in [0.25, 0.3) is 0 Å². The summed E-state index contributed by atoms with van der Waals surface area (Å²) < 4.78 is 33.0. The summed E-state index contributed by atoms with van der Waals surface area (Å²) in [5.74, 6) is -1.44. The molecule has 0 saturated carbocycles. The molecule has 0 bridgehead atoms. The van der Waals surface area contributed by atoms with E-state index in [1.807, 2.05) is 144 Å². The second-order valence-electron chi connectivity index (χ2n) is 24.1. The molecule has 0 radical (unpaired) electrons. The Morgan fingerprint density at radius 2 is 1.03 bits per heavy atom. The molecule has 10 rings (SSSR count). The van der Waals surface area contributed by atoms with Crippen LogP contribution in [0.5, 0.6) is 11.5 Å². The largest absolute Gasteiger partial charge is 0.491 e. The molecule has 8 N–H and O–H groups in total. The lowest BCUT2D eigenvalue weighted by Gasteiger charge is -2.28. The standard InChI is InChI=1S/C35H41N5O7S.C21H23N3O3S.C14H20N2O5/c1-21(2)31(30-14-22(3)39-47-30)34(43)40-18-27(41)16-28(40)33(42)37-17-26-11-10-25(32-23(4)38-20-48-32)15-29(26)45-13-12-36-35(44)46-19-24-8-6-5-7-9-24;1-15-20(28-14-24-15)17-7-8-18(12-22)19(11-17)26-10-9-23-21(25)27-13-16-5-3-2-4-6-16;1-7(2)12(11-4-8(3)15-21-11)13(18)16-6-9(17)5-10(16)14(19)20/h5-11,14-15,20-21,27-28,31,41H,12-13,16-19H2,1-4H3,(H,36,44)(H,37,42);2-8,11,14H,9-10,12-13,22H2,1H3,(H,23,25);4,7,9-10,12,17H,5-6H2,1-3H3,(H,19,20)/t27-,28+,31-;;9-,10+,12-/m1.1/s1. The van der Waals surface area contributed by atoms with Gasteiger partial charge in [-0.3, -0.25) is 14.4 Å². The number of nitrogens with one attached hydrogen (secondary N) is 3. The van der Waals surface area contributed by atoms with E-state index in [1.54, 1.807) is 42.8 Å². The van der Waals surface area contributed by atoms with Crippen LogP contribution >= 0.6 is 22.7 Å². The number of hydrogen-bond acceptors (Lipinski definition) is 21. The minimum absolute atomic E-state index is 0.0339. The summed E-state index contributed by atoms with van der Waals surface area (Å²) in [6.07, 6.45) is -2.49. The Balaban J connectivity index is 0.000000206. The number of hydrogen-bond donors (Lipinski definition) is 7. The summed E-state index contributed by atoms with van der Waals surface area (Å²) in [5, 5.41) is 45.4. The van der Waals surface area contributed by atoms with Crippen LogP contribution in [0.2, 0.25) is 0 Å². The molecule has 8 aromatic rings. The Morgan fingerprint density at radius 3 is 1.43 bits per heavy atom. The molecular weight excluding hydrogens is 1280 g/mol. The number of aliphatic carboxylic acids is 1. The lowest BCUT2D eigenvalue weighted by atomic mass is 9.91. The zero-order valence-electron chi connectivity index (χ0n) is 55.5. The molecule has 2 saturated heterocycles. The Morgan fingerprint density at radius 1 is 0.598 bits per heavy atom. The van der Waals surface area contributed by atoms with Gasteiger partial charge in [-0.1, -0.05) is 123 Å². The molecular formula is C70H84N10O15S2. The van der Waals surface area contributed by atoms with Crippen molar-refractivity contribution in [2.24, 2.45) is 17.6 Å². The summed E-state index contributed by atoms with van der Waals surface area (Å²) in [6, 6.07) is 32.2. The van der Waals surface area contributed by atoms with Crippen molar-refractivity contribution in [1.82, 2.24) is 46.0 Å². The van der Waals surface area contributed by atoms with E-state index in [9.17, 15) is 44.1 Å². The van der Waals surface area contributed by atoms with E-state index in [0.29, 0.717) is 59.7 Å². The number of thiazole rings is 2. The third-order valence-electron chi connectivity index (χ3n) is 16.0. The van der Waals surface area contributed by atoms with E-state index in [4.69, 9.17) is 33.7 Å².